The Balaban J connectivity index is 2.42. The van der Waals surface area contributed by atoms with Crippen LogP contribution in [-0.4, -0.2) is 33.3 Å². The monoisotopic (exact) mass is 345 g/mol. The highest BCUT2D eigenvalue weighted by molar-refractivity contribution is 6.35. The number of halogens is 2. The summed E-state index contributed by atoms with van der Waals surface area (Å²) in [5.41, 5.74) is 0.995. The number of ether oxygens (including phenoxy) is 1. The number of rotatable bonds is 8. The number of unbranched alkanes of at least 4 members (excludes halogenated alkanes) is 2. The topological polar surface area (TPSA) is 45.7 Å². The maximum absolute atomic E-state index is 6.23. The molecule has 1 rings (SSSR count). The lowest BCUT2D eigenvalue weighted by Gasteiger charge is -2.19. The lowest BCUT2D eigenvalue weighted by atomic mass is 10.1. The van der Waals surface area contributed by atoms with E-state index < -0.39 is 0 Å². The number of hydrogen-bond donors (Lipinski definition) is 2. The maximum Gasteiger partial charge on any atom is 0.191 e. The molecular formula is C16H25Cl2N3O. The van der Waals surface area contributed by atoms with E-state index in [1.54, 1.807) is 20.2 Å². The summed E-state index contributed by atoms with van der Waals surface area (Å²) in [6.07, 6.45) is 3.30. The van der Waals surface area contributed by atoms with Gasteiger partial charge in [0.15, 0.2) is 5.96 Å². The minimum Gasteiger partial charge on any atom is -0.385 e. The number of nitrogens with one attached hydrogen (secondary N) is 2. The van der Waals surface area contributed by atoms with Crippen LogP contribution in [0.1, 0.15) is 37.8 Å². The molecule has 0 fully saturated rings. The maximum atomic E-state index is 6.23. The van der Waals surface area contributed by atoms with Crippen LogP contribution in [0.5, 0.6) is 0 Å². The minimum absolute atomic E-state index is 0.0458. The molecule has 0 bridgehead atoms. The highest BCUT2D eigenvalue weighted by Crippen LogP contribution is 2.25. The summed E-state index contributed by atoms with van der Waals surface area (Å²) < 4.78 is 5.03. The van der Waals surface area contributed by atoms with Crippen molar-refractivity contribution < 1.29 is 4.74 Å². The summed E-state index contributed by atoms with van der Waals surface area (Å²) in [6.45, 7) is 3.74. The van der Waals surface area contributed by atoms with Gasteiger partial charge >= 0.3 is 0 Å². The summed E-state index contributed by atoms with van der Waals surface area (Å²) in [7, 11) is 3.49. The molecule has 0 aromatic heterocycles. The Bertz CT molecular complexity index is 480. The molecule has 0 spiro atoms. The van der Waals surface area contributed by atoms with Gasteiger partial charge in [0.2, 0.25) is 0 Å². The van der Waals surface area contributed by atoms with Gasteiger partial charge in [-0.15, -0.1) is 0 Å². The molecular weight excluding hydrogens is 321 g/mol. The summed E-state index contributed by atoms with van der Waals surface area (Å²) in [4.78, 5) is 4.24. The van der Waals surface area contributed by atoms with Crippen LogP contribution in [0, 0.1) is 0 Å². The predicted molar refractivity (Wildman–Crippen MR) is 95.1 cm³/mol. The molecule has 0 aliphatic rings. The second-order valence-electron chi connectivity index (χ2n) is 5.08. The summed E-state index contributed by atoms with van der Waals surface area (Å²) in [6, 6.07) is 5.57. The van der Waals surface area contributed by atoms with Gasteiger partial charge in [0, 0.05) is 37.4 Å². The van der Waals surface area contributed by atoms with Gasteiger partial charge < -0.3 is 15.4 Å². The van der Waals surface area contributed by atoms with E-state index >= 15 is 0 Å². The smallest absolute Gasteiger partial charge is 0.191 e. The van der Waals surface area contributed by atoms with Crippen molar-refractivity contribution in [1.29, 1.82) is 0 Å². The zero-order valence-corrected chi connectivity index (χ0v) is 15.0. The minimum atomic E-state index is 0.0458. The summed E-state index contributed by atoms with van der Waals surface area (Å²) in [5.74, 6) is 0.769. The molecule has 22 heavy (non-hydrogen) atoms. The Hall–Kier alpha value is -0.970. The molecule has 0 aliphatic carbocycles. The summed E-state index contributed by atoms with van der Waals surface area (Å²) >= 11 is 12.2. The van der Waals surface area contributed by atoms with Gasteiger partial charge in [-0.05, 0) is 43.9 Å². The fourth-order valence-corrected chi connectivity index (χ4v) is 2.66. The molecule has 1 aromatic carbocycles. The Morgan fingerprint density at radius 2 is 2.05 bits per heavy atom. The van der Waals surface area contributed by atoms with Crippen molar-refractivity contribution in [1.82, 2.24) is 10.6 Å². The van der Waals surface area contributed by atoms with Crippen LogP contribution in [0.4, 0.5) is 0 Å². The first kappa shape index (κ1) is 19.1. The first-order valence-corrected chi connectivity index (χ1v) is 8.25. The Morgan fingerprint density at radius 1 is 1.27 bits per heavy atom. The zero-order valence-electron chi connectivity index (χ0n) is 13.5. The number of hydrogen-bond acceptors (Lipinski definition) is 2. The van der Waals surface area contributed by atoms with Gasteiger partial charge in [-0.2, -0.15) is 0 Å². The average Bonchev–Trinajstić information content (AvgIpc) is 2.49. The standard InChI is InChI=1S/C16H25Cl2N3O/c1-12(14-8-7-13(17)11-15(14)18)21-16(19-2)20-9-5-4-6-10-22-3/h7-8,11-12H,4-6,9-10H2,1-3H3,(H2,19,20,21). The SMILES string of the molecule is CN=C(NCCCCCOC)NC(C)c1ccc(Cl)cc1Cl. The van der Waals surface area contributed by atoms with Crippen molar-refractivity contribution >= 4 is 29.2 Å². The van der Waals surface area contributed by atoms with Gasteiger partial charge in [0.25, 0.3) is 0 Å². The largest absolute Gasteiger partial charge is 0.385 e. The predicted octanol–water partition coefficient (Wildman–Crippen LogP) is 4.04. The van der Waals surface area contributed by atoms with E-state index in [-0.39, 0.29) is 6.04 Å². The van der Waals surface area contributed by atoms with Crippen molar-refractivity contribution in [2.75, 3.05) is 27.3 Å². The fraction of sp³-hybridized carbons (Fsp3) is 0.562. The third kappa shape index (κ3) is 6.86. The van der Waals surface area contributed by atoms with E-state index in [1.165, 1.54) is 0 Å². The summed E-state index contributed by atoms with van der Waals surface area (Å²) in [5, 5.41) is 7.93. The fourth-order valence-electron chi connectivity index (χ4n) is 2.09. The van der Waals surface area contributed by atoms with E-state index in [1.807, 2.05) is 19.1 Å². The third-order valence-electron chi connectivity index (χ3n) is 3.32. The van der Waals surface area contributed by atoms with Gasteiger partial charge in [0.1, 0.15) is 0 Å². The van der Waals surface area contributed by atoms with Crippen LogP contribution in [-0.2, 0) is 4.74 Å². The molecule has 0 aliphatic heterocycles. The highest BCUT2D eigenvalue weighted by atomic mass is 35.5. The van der Waals surface area contributed by atoms with E-state index in [0.29, 0.717) is 10.0 Å². The van der Waals surface area contributed by atoms with E-state index in [9.17, 15) is 0 Å². The molecule has 0 amide bonds. The number of guanidine groups is 1. The van der Waals surface area contributed by atoms with Gasteiger partial charge in [-0.25, -0.2) is 0 Å². The average molecular weight is 346 g/mol. The zero-order chi connectivity index (χ0) is 16.4. The third-order valence-corrected chi connectivity index (χ3v) is 3.89. The first-order chi connectivity index (χ1) is 10.6. The van der Waals surface area contributed by atoms with Crippen molar-refractivity contribution in [2.45, 2.75) is 32.2 Å². The Morgan fingerprint density at radius 3 is 2.68 bits per heavy atom. The lowest BCUT2D eigenvalue weighted by Crippen LogP contribution is -2.39. The van der Waals surface area contributed by atoms with Gasteiger partial charge in [-0.1, -0.05) is 29.3 Å². The molecule has 2 N–H and O–H groups in total. The van der Waals surface area contributed by atoms with Gasteiger partial charge in [-0.3, -0.25) is 4.99 Å². The quantitative estimate of drug-likeness (QED) is 0.424. The molecule has 0 saturated carbocycles. The molecule has 4 nitrogen and oxygen atoms in total. The molecule has 0 radical (unpaired) electrons. The van der Waals surface area contributed by atoms with Crippen LogP contribution >= 0.6 is 23.2 Å². The van der Waals surface area contributed by atoms with Crippen molar-refractivity contribution in [3.63, 3.8) is 0 Å². The molecule has 0 heterocycles. The van der Waals surface area contributed by atoms with Crippen LogP contribution in [0.2, 0.25) is 10.0 Å². The van der Waals surface area contributed by atoms with E-state index in [0.717, 1.165) is 43.9 Å². The van der Waals surface area contributed by atoms with Crippen LogP contribution in [0.15, 0.2) is 23.2 Å². The molecule has 1 unspecified atom stereocenters. The normalized spacial score (nSPS) is 13.0. The second-order valence-corrected chi connectivity index (χ2v) is 5.93. The first-order valence-electron chi connectivity index (χ1n) is 7.49. The number of nitrogens with zero attached hydrogens (tertiary/aromatic N) is 1. The number of methoxy groups -OCH3 is 1. The van der Waals surface area contributed by atoms with Crippen LogP contribution in [0.3, 0.4) is 0 Å². The van der Waals surface area contributed by atoms with Crippen LogP contribution < -0.4 is 10.6 Å². The number of benzene rings is 1. The molecule has 0 saturated heterocycles. The van der Waals surface area contributed by atoms with E-state index in [4.69, 9.17) is 27.9 Å². The lowest BCUT2D eigenvalue weighted by molar-refractivity contribution is 0.192. The molecule has 1 aromatic rings. The molecule has 1 atom stereocenters. The van der Waals surface area contributed by atoms with Crippen LogP contribution in [0.25, 0.3) is 0 Å². The van der Waals surface area contributed by atoms with Crippen molar-refractivity contribution in [2.24, 2.45) is 4.99 Å². The Kier molecular flexibility index (Phi) is 9.28. The Labute approximate surface area is 143 Å². The number of aliphatic imine (C=N–C) groups is 1. The molecule has 124 valence electrons. The second kappa shape index (κ2) is 10.7. The van der Waals surface area contributed by atoms with Crippen molar-refractivity contribution in [3.8, 4) is 0 Å². The highest BCUT2D eigenvalue weighted by Gasteiger charge is 2.11. The van der Waals surface area contributed by atoms with Gasteiger partial charge in [0.05, 0.1) is 6.04 Å². The molecule has 6 heteroatoms. The van der Waals surface area contributed by atoms with E-state index in [2.05, 4.69) is 15.6 Å². The van der Waals surface area contributed by atoms with Crippen molar-refractivity contribution in [3.05, 3.63) is 33.8 Å².